The van der Waals surface area contributed by atoms with Crippen molar-refractivity contribution in [2.75, 3.05) is 31.7 Å². The Labute approximate surface area is 208 Å². The maximum atomic E-state index is 13.1. The van der Waals surface area contributed by atoms with Crippen LogP contribution in [0, 0.1) is 6.92 Å². The summed E-state index contributed by atoms with van der Waals surface area (Å²) in [6.07, 6.45) is -3.79. The smallest absolute Gasteiger partial charge is 0.381 e. The third kappa shape index (κ3) is 6.92. The average molecular weight is 511 g/mol. The predicted molar refractivity (Wildman–Crippen MR) is 127 cm³/mol. The average Bonchev–Trinajstić information content (AvgIpc) is 3.31. The number of alkyl halides is 3. The molecule has 2 aliphatic heterocycles. The maximum absolute atomic E-state index is 13.1. The number of anilines is 1. The molecule has 2 N–H and O–H groups in total. The molecule has 198 valence electrons. The first-order valence-electron chi connectivity index (χ1n) is 11.5. The van der Waals surface area contributed by atoms with E-state index in [9.17, 15) is 18.0 Å². The third-order valence-electron chi connectivity index (χ3n) is 6.07. The zero-order valence-corrected chi connectivity index (χ0v) is 19.7. The number of carbonyl (C=O) groups is 1. The number of hydrogen-bond donors (Lipinski definition) is 2. The van der Waals surface area contributed by atoms with E-state index in [4.69, 9.17) is 14.2 Å². The number of aromatic nitrogens is 2. The lowest BCUT2D eigenvalue weighted by atomic mass is 9.92. The zero-order valence-electron chi connectivity index (χ0n) is 19.7. The van der Waals surface area contributed by atoms with Crippen LogP contribution in [0.25, 0.3) is 0 Å². The highest BCUT2D eigenvalue weighted by atomic mass is 19.4. The molecular formula is C25H33F3N4O4. The summed E-state index contributed by atoms with van der Waals surface area (Å²) in [6.45, 7) is 5.68. The summed E-state index contributed by atoms with van der Waals surface area (Å²) in [4.78, 5) is 21.9. The molecule has 0 unspecified atom stereocenters. The van der Waals surface area contributed by atoms with Crippen molar-refractivity contribution in [1.82, 2.24) is 15.3 Å². The SMILES string of the molecule is C.Cc1nc(CC(=O)NC2(C)CCOCC2)c(C2OCCO2)c(NCc2cccc(C(F)(F)F)c2)n1. The molecule has 0 spiro atoms. The largest absolute Gasteiger partial charge is 0.416 e. The summed E-state index contributed by atoms with van der Waals surface area (Å²) in [5.41, 5.74) is 0.276. The van der Waals surface area contributed by atoms with Crippen LogP contribution in [-0.4, -0.2) is 47.8 Å². The van der Waals surface area contributed by atoms with Crippen molar-refractivity contribution in [1.29, 1.82) is 0 Å². The van der Waals surface area contributed by atoms with E-state index in [1.165, 1.54) is 6.07 Å². The summed E-state index contributed by atoms with van der Waals surface area (Å²) in [7, 11) is 0. The number of hydrogen-bond acceptors (Lipinski definition) is 7. The molecule has 0 atom stereocenters. The van der Waals surface area contributed by atoms with Gasteiger partial charge in [-0.15, -0.1) is 0 Å². The predicted octanol–water partition coefficient (Wildman–Crippen LogP) is 4.33. The molecule has 0 bridgehead atoms. The molecule has 2 aliphatic rings. The standard InChI is InChI=1S/C24H29F3N4O4.CH4/c1-15-29-18(13-19(32)31-23(2)6-8-33-9-7-23)20(22-34-10-11-35-22)21(30-15)28-14-16-4-3-5-17(12-16)24(25,26)27;/h3-5,12,22H,6-11,13-14H2,1-2H3,(H,31,32)(H,28,29,30);1H4. The molecule has 0 radical (unpaired) electrons. The van der Waals surface area contributed by atoms with E-state index in [0.29, 0.717) is 67.7 Å². The van der Waals surface area contributed by atoms with E-state index in [2.05, 4.69) is 20.6 Å². The van der Waals surface area contributed by atoms with E-state index in [1.807, 2.05) is 6.92 Å². The van der Waals surface area contributed by atoms with Gasteiger partial charge in [0.2, 0.25) is 5.91 Å². The van der Waals surface area contributed by atoms with Crippen molar-refractivity contribution in [2.45, 2.75) is 65.1 Å². The molecule has 1 aromatic heterocycles. The second kappa shape index (κ2) is 11.5. The molecule has 1 aromatic carbocycles. The van der Waals surface area contributed by atoms with E-state index in [-0.39, 0.29) is 31.8 Å². The first-order chi connectivity index (χ1) is 16.6. The fourth-order valence-electron chi connectivity index (χ4n) is 4.20. The minimum atomic E-state index is -4.43. The molecule has 36 heavy (non-hydrogen) atoms. The summed E-state index contributed by atoms with van der Waals surface area (Å²) in [5.74, 6) is 0.579. The summed E-state index contributed by atoms with van der Waals surface area (Å²) in [5, 5.41) is 6.19. The Balaban J connectivity index is 0.00000361. The quantitative estimate of drug-likeness (QED) is 0.573. The molecule has 0 aliphatic carbocycles. The Kier molecular flexibility index (Phi) is 8.91. The lowest BCUT2D eigenvalue weighted by Crippen LogP contribution is -2.50. The van der Waals surface area contributed by atoms with Crippen LogP contribution < -0.4 is 10.6 Å². The number of aryl methyl sites for hydroxylation is 1. The third-order valence-corrected chi connectivity index (χ3v) is 6.07. The highest BCUT2D eigenvalue weighted by Gasteiger charge is 2.32. The number of nitrogens with zero attached hydrogens (tertiary/aromatic N) is 2. The topological polar surface area (TPSA) is 94.6 Å². The van der Waals surface area contributed by atoms with Gasteiger partial charge in [-0.05, 0) is 44.4 Å². The van der Waals surface area contributed by atoms with Crippen LogP contribution in [0.1, 0.15) is 61.7 Å². The van der Waals surface area contributed by atoms with Gasteiger partial charge in [-0.1, -0.05) is 19.6 Å². The zero-order chi connectivity index (χ0) is 25.1. The molecule has 8 nitrogen and oxygen atoms in total. The van der Waals surface area contributed by atoms with Crippen LogP contribution >= 0.6 is 0 Å². The van der Waals surface area contributed by atoms with Gasteiger partial charge in [0.05, 0.1) is 36.5 Å². The number of amides is 1. The Morgan fingerprint density at radius 3 is 2.50 bits per heavy atom. The van der Waals surface area contributed by atoms with Gasteiger partial charge in [-0.2, -0.15) is 13.2 Å². The van der Waals surface area contributed by atoms with Gasteiger partial charge < -0.3 is 24.8 Å². The number of carbonyl (C=O) groups excluding carboxylic acids is 1. The van der Waals surface area contributed by atoms with Gasteiger partial charge in [0.15, 0.2) is 6.29 Å². The highest BCUT2D eigenvalue weighted by molar-refractivity contribution is 5.79. The molecule has 4 rings (SSSR count). The van der Waals surface area contributed by atoms with Gasteiger partial charge >= 0.3 is 6.18 Å². The molecule has 1 amide bonds. The molecule has 2 saturated heterocycles. The number of rotatable bonds is 7. The fraction of sp³-hybridized carbons (Fsp3) is 0.560. The Morgan fingerprint density at radius 1 is 1.14 bits per heavy atom. The van der Waals surface area contributed by atoms with Crippen molar-refractivity contribution in [3.63, 3.8) is 0 Å². The monoisotopic (exact) mass is 510 g/mol. The highest BCUT2D eigenvalue weighted by Crippen LogP contribution is 2.33. The molecule has 11 heteroatoms. The van der Waals surface area contributed by atoms with E-state index in [0.717, 1.165) is 12.1 Å². The minimum Gasteiger partial charge on any atom is -0.381 e. The fourth-order valence-corrected chi connectivity index (χ4v) is 4.20. The summed E-state index contributed by atoms with van der Waals surface area (Å²) in [6, 6.07) is 5.08. The second-order valence-corrected chi connectivity index (χ2v) is 9.00. The van der Waals surface area contributed by atoms with Crippen molar-refractivity contribution < 1.29 is 32.2 Å². The lowest BCUT2D eigenvalue weighted by molar-refractivity contribution is -0.137. The van der Waals surface area contributed by atoms with E-state index in [1.54, 1.807) is 13.0 Å². The van der Waals surface area contributed by atoms with Crippen molar-refractivity contribution in [2.24, 2.45) is 0 Å². The maximum Gasteiger partial charge on any atom is 0.416 e. The van der Waals surface area contributed by atoms with Gasteiger partial charge in [0, 0.05) is 25.3 Å². The lowest BCUT2D eigenvalue weighted by Gasteiger charge is -2.34. The Morgan fingerprint density at radius 2 is 1.83 bits per heavy atom. The normalized spacial score (nSPS) is 17.9. The molecule has 2 fully saturated rings. The van der Waals surface area contributed by atoms with E-state index < -0.39 is 18.0 Å². The number of halogens is 3. The van der Waals surface area contributed by atoms with Crippen LogP contribution in [0.15, 0.2) is 24.3 Å². The first-order valence-corrected chi connectivity index (χ1v) is 11.5. The summed E-state index contributed by atoms with van der Waals surface area (Å²) >= 11 is 0. The minimum absolute atomic E-state index is 0. The number of benzene rings is 1. The van der Waals surface area contributed by atoms with Crippen molar-refractivity contribution in [3.8, 4) is 0 Å². The van der Waals surface area contributed by atoms with Crippen molar-refractivity contribution >= 4 is 11.7 Å². The Bertz CT molecular complexity index is 1050. The molecular weight excluding hydrogens is 477 g/mol. The van der Waals surface area contributed by atoms with Crippen LogP contribution in [0.2, 0.25) is 0 Å². The number of nitrogens with one attached hydrogen (secondary N) is 2. The van der Waals surface area contributed by atoms with Crippen LogP contribution in [0.3, 0.4) is 0 Å². The van der Waals surface area contributed by atoms with Gasteiger partial charge in [-0.25, -0.2) is 9.97 Å². The molecule has 2 aromatic rings. The van der Waals surface area contributed by atoms with Crippen molar-refractivity contribution in [3.05, 3.63) is 52.5 Å². The van der Waals surface area contributed by atoms with Crippen LogP contribution in [0.4, 0.5) is 19.0 Å². The first kappa shape index (κ1) is 27.8. The van der Waals surface area contributed by atoms with Gasteiger partial charge in [0.1, 0.15) is 11.6 Å². The number of ether oxygens (including phenoxy) is 3. The molecule has 3 heterocycles. The summed E-state index contributed by atoms with van der Waals surface area (Å²) < 4.78 is 56.1. The van der Waals surface area contributed by atoms with Gasteiger partial charge in [0.25, 0.3) is 0 Å². The molecule has 0 saturated carbocycles. The van der Waals surface area contributed by atoms with Gasteiger partial charge in [-0.3, -0.25) is 4.79 Å². The van der Waals surface area contributed by atoms with Crippen LogP contribution in [-0.2, 0) is 38.1 Å². The van der Waals surface area contributed by atoms with Crippen LogP contribution in [0.5, 0.6) is 0 Å². The van der Waals surface area contributed by atoms with E-state index >= 15 is 0 Å². The second-order valence-electron chi connectivity index (χ2n) is 9.00. The Hall–Kier alpha value is -2.76.